The summed E-state index contributed by atoms with van der Waals surface area (Å²) in [4.78, 5) is 10.7. The summed E-state index contributed by atoms with van der Waals surface area (Å²) in [5.41, 5.74) is 0.384. The first-order chi connectivity index (χ1) is 6.02. The Balaban J connectivity index is 3.10. The number of halogens is 1. The molecule has 0 fully saturated rings. The normalized spacial score (nSPS) is 10.0. The van der Waals surface area contributed by atoms with Crippen LogP contribution in [0.25, 0.3) is 0 Å². The monoisotopic (exact) mass is 200 g/mol. The van der Waals surface area contributed by atoms with Gasteiger partial charge in [0.25, 0.3) is 0 Å². The van der Waals surface area contributed by atoms with Gasteiger partial charge in [0.2, 0.25) is 0 Å². The van der Waals surface area contributed by atoms with Crippen LogP contribution in [0.5, 0.6) is 11.5 Å². The van der Waals surface area contributed by atoms with Crippen molar-refractivity contribution >= 4 is 17.4 Å². The van der Waals surface area contributed by atoms with Crippen molar-refractivity contribution in [1.82, 2.24) is 0 Å². The zero-order chi connectivity index (χ0) is 10.0. The standard InChI is InChI=1S/C9H9ClO3/c1-5(11)4-6-2-3-7(10)9(13)8(6)12/h2-3,12-13H,4H2,1H3. The van der Waals surface area contributed by atoms with Crippen LogP contribution in [0.15, 0.2) is 12.1 Å². The predicted molar refractivity (Wildman–Crippen MR) is 49.2 cm³/mol. The lowest BCUT2D eigenvalue weighted by atomic mass is 10.1. The van der Waals surface area contributed by atoms with Gasteiger partial charge in [0.15, 0.2) is 11.5 Å². The van der Waals surface area contributed by atoms with Crippen LogP contribution in [0.3, 0.4) is 0 Å². The van der Waals surface area contributed by atoms with Crippen LogP contribution in [0, 0.1) is 0 Å². The zero-order valence-electron chi connectivity index (χ0n) is 7.04. The van der Waals surface area contributed by atoms with Gasteiger partial charge in [-0.25, -0.2) is 0 Å². The number of aromatic hydroxyl groups is 2. The third kappa shape index (κ3) is 2.12. The van der Waals surface area contributed by atoms with Crippen LogP contribution < -0.4 is 0 Å². The van der Waals surface area contributed by atoms with Gasteiger partial charge in [0.1, 0.15) is 5.78 Å². The Hall–Kier alpha value is -1.22. The molecular formula is C9H9ClO3. The van der Waals surface area contributed by atoms with E-state index in [1.54, 1.807) is 0 Å². The number of Topliss-reactive ketones (excluding diaryl/α,β-unsaturated/α-hetero) is 1. The first-order valence-electron chi connectivity index (χ1n) is 3.71. The van der Waals surface area contributed by atoms with Crippen LogP contribution in [-0.2, 0) is 11.2 Å². The summed E-state index contributed by atoms with van der Waals surface area (Å²) in [6.07, 6.45) is 0.0938. The van der Waals surface area contributed by atoms with E-state index in [0.717, 1.165) is 0 Å². The van der Waals surface area contributed by atoms with Crippen molar-refractivity contribution in [1.29, 1.82) is 0 Å². The summed E-state index contributed by atoms with van der Waals surface area (Å²) < 4.78 is 0. The molecule has 0 heterocycles. The molecule has 0 aliphatic rings. The summed E-state index contributed by atoms with van der Waals surface area (Å²) in [6.45, 7) is 1.41. The summed E-state index contributed by atoms with van der Waals surface area (Å²) in [6, 6.07) is 2.95. The maximum Gasteiger partial charge on any atom is 0.176 e. The molecule has 0 spiro atoms. The van der Waals surface area contributed by atoms with E-state index in [4.69, 9.17) is 11.6 Å². The summed E-state index contributed by atoms with van der Waals surface area (Å²) in [7, 11) is 0. The van der Waals surface area contributed by atoms with Crippen molar-refractivity contribution < 1.29 is 15.0 Å². The Bertz CT molecular complexity index is 347. The van der Waals surface area contributed by atoms with Crippen molar-refractivity contribution in [3.05, 3.63) is 22.7 Å². The van der Waals surface area contributed by atoms with Gasteiger partial charge in [0, 0.05) is 12.0 Å². The highest BCUT2D eigenvalue weighted by Gasteiger charge is 2.11. The van der Waals surface area contributed by atoms with Gasteiger partial charge in [0.05, 0.1) is 5.02 Å². The molecule has 0 aromatic heterocycles. The molecule has 0 unspecified atom stereocenters. The van der Waals surface area contributed by atoms with E-state index in [2.05, 4.69) is 0 Å². The maximum atomic E-state index is 10.7. The van der Waals surface area contributed by atoms with Crippen LogP contribution in [0.1, 0.15) is 12.5 Å². The maximum absolute atomic E-state index is 10.7. The van der Waals surface area contributed by atoms with Gasteiger partial charge < -0.3 is 10.2 Å². The van der Waals surface area contributed by atoms with Crippen molar-refractivity contribution in [2.75, 3.05) is 0 Å². The molecule has 1 aromatic carbocycles. The molecule has 0 amide bonds. The molecule has 1 rings (SSSR count). The predicted octanol–water partition coefficient (Wildman–Crippen LogP) is 1.88. The lowest BCUT2D eigenvalue weighted by molar-refractivity contribution is -0.116. The average Bonchev–Trinajstić information content (AvgIpc) is 2.06. The number of hydrogen-bond acceptors (Lipinski definition) is 3. The van der Waals surface area contributed by atoms with Crippen LogP contribution in [0.4, 0.5) is 0 Å². The molecule has 4 heteroatoms. The second-order valence-corrected chi connectivity index (χ2v) is 3.19. The Morgan fingerprint density at radius 3 is 2.54 bits per heavy atom. The quantitative estimate of drug-likeness (QED) is 0.717. The number of carbonyl (C=O) groups is 1. The largest absolute Gasteiger partial charge is 0.504 e. The van der Waals surface area contributed by atoms with Crippen molar-refractivity contribution in [3.8, 4) is 11.5 Å². The van der Waals surface area contributed by atoms with E-state index in [-0.39, 0.29) is 28.7 Å². The van der Waals surface area contributed by atoms with E-state index in [1.807, 2.05) is 0 Å². The second-order valence-electron chi connectivity index (χ2n) is 2.78. The summed E-state index contributed by atoms with van der Waals surface area (Å²) in [5.74, 6) is -0.778. The number of rotatable bonds is 2. The molecule has 1 aromatic rings. The Labute approximate surface area is 80.6 Å². The number of hydrogen-bond donors (Lipinski definition) is 2. The number of benzene rings is 1. The zero-order valence-corrected chi connectivity index (χ0v) is 7.80. The number of phenols is 2. The van der Waals surface area contributed by atoms with Crippen LogP contribution in [-0.4, -0.2) is 16.0 Å². The molecule has 0 aliphatic carbocycles. The van der Waals surface area contributed by atoms with Gasteiger partial charge in [-0.3, -0.25) is 4.79 Å². The van der Waals surface area contributed by atoms with Crippen molar-refractivity contribution in [2.45, 2.75) is 13.3 Å². The molecule has 0 saturated heterocycles. The minimum absolute atomic E-state index is 0.0739. The highest BCUT2D eigenvalue weighted by molar-refractivity contribution is 6.32. The van der Waals surface area contributed by atoms with E-state index in [1.165, 1.54) is 19.1 Å². The van der Waals surface area contributed by atoms with E-state index < -0.39 is 0 Å². The topological polar surface area (TPSA) is 57.5 Å². The van der Waals surface area contributed by atoms with Gasteiger partial charge in [-0.1, -0.05) is 17.7 Å². The molecule has 0 saturated carbocycles. The highest BCUT2D eigenvalue weighted by Crippen LogP contribution is 2.35. The molecule has 0 bridgehead atoms. The minimum Gasteiger partial charge on any atom is -0.504 e. The molecule has 0 radical (unpaired) electrons. The first kappa shape index (κ1) is 9.86. The number of carbonyl (C=O) groups excluding carboxylic acids is 1. The first-order valence-corrected chi connectivity index (χ1v) is 4.09. The lowest BCUT2D eigenvalue weighted by Crippen LogP contribution is -1.96. The third-order valence-corrected chi connectivity index (χ3v) is 1.93. The van der Waals surface area contributed by atoms with Gasteiger partial charge in [-0.15, -0.1) is 0 Å². The average molecular weight is 201 g/mol. The SMILES string of the molecule is CC(=O)Cc1ccc(Cl)c(O)c1O. The molecule has 0 atom stereocenters. The lowest BCUT2D eigenvalue weighted by Gasteiger charge is -2.05. The van der Waals surface area contributed by atoms with Crippen LogP contribution >= 0.6 is 11.6 Å². The molecule has 0 aliphatic heterocycles. The molecule has 70 valence electrons. The summed E-state index contributed by atoms with van der Waals surface area (Å²) in [5, 5.41) is 18.6. The Morgan fingerprint density at radius 1 is 1.38 bits per heavy atom. The number of phenolic OH excluding ortho intramolecular Hbond substituents is 2. The van der Waals surface area contributed by atoms with E-state index in [0.29, 0.717) is 5.56 Å². The second kappa shape index (κ2) is 3.66. The molecule has 2 N–H and O–H groups in total. The third-order valence-electron chi connectivity index (χ3n) is 1.62. The van der Waals surface area contributed by atoms with Gasteiger partial charge >= 0.3 is 0 Å². The molecular weight excluding hydrogens is 192 g/mol. The Morgan fingerprint density at radius 2 is 2.00 bits per heavy atom. The summed E-state index contributed by atoms with van der Waals surface area (Å²) >= 11 is 5.53. The smallest absolute Gasteiger partial charge is 0.176 e. The van der Waals surface area contributed by atoms with Gasteiger partial charge in [-0.2, -0.15) is 0 Å². The van der Waals surface area contributed by atoms with Gasteiger partial charge in [-0.05, 0) is 13.0 Å². The van der Waals surface area contributed by atoms with Crippen molar-refractivity contribution in [2.24, 2.45) is 0 Å². The van der Waals surface area contributed by atoms with E-state index in [9.17, 15) is 15.0 Å². The highest BCUT2D eigenvalue weighted by atomic mass is 35.5. The van der Waals surface area contributed by atoms with E-state index >= 15 is 0 Å². The fourth-order valence-corrected chi connectivity index (χ4v) is 1.16. The Kier molecular flexibility index (Phi) is 2.78. The van der Waals surface area contributed by atoms with Crippen LogP contribution in [0.2, 0.25) is 5.02 Å². The number of ketones is 1. The molecule has 3 nitrogen and oxygen atoms in total. The minimum atomic E-state index is -0.375. The fourth-order valence-electron chi connectivity index (χ4n) is 1.01. The van der Waals surface area contributed by atoms with Crippen molar-refractivity contribution in [3.63, 3.8) is 0 Å². The fraction of sp³-hybridized carbons (Fsp3) is 0.222. The molecule has 13 heavy (non-hydrogen) atoms.